The van der Waals surface area contributed by atoms with Gasteiger partial charge in [-0.15, -0.1) is 0 Å². The highest BCUT2D eigenvalue weighted by molar-refractivity contribution is 5.57. The molecule has 3 aromatic carbocycles. The average molecular weight is 387 g/mol. The molecule has 144 valence electrons. The van der Waals surface area contributed by atoms with Gasteiger partial charge in [-0.25, -0.2) is 17.6 Å². The largest absolute Gasteiger partial charge is 0.497 e. The highest BCUT2D eigenvalue weighted by Gasteiger charge is 2.33. The maximum Gasteiger partial charge on any atom is 0.164 e. The van der Waals surface area contributed by atoms with Crippen molar-refractivity contribution in [3.8, 4) is 5.75 Å². The van der Waals surface area contributed by atoms with Crippen molar-refractivity contribution < 1.29 is 22.3 Å². The maximum absolute atomic E-state index is 14.7. The summed E-state index contributed by atoms with van der Waals surface area (Å²) in [6, 6.07) is 11.8. The van der Waals surface area contributed by atoms with E-state index in [1.165, 1.54) is 18.2 Å². The molecule has 0 aliphatic carbocycles. The van der Waals surface area contributed by atoms with Gasteiger partial charge in [0.25, 0.3) is 0 Å². The van der Waals surface area contributed by atoms with Gasteiger partial charge >= 0.3 is 0 Å². The summed E-state index contributed by atoms with van der Waals surface area (Å²) in [6.07, 6.45) is 0.552. The van der Waals surface area contributed by atoms with Crippen molar-refractivity contribution in [2.45, 2.75) is 12.5 Å². The molecule has 0 saturated carbocycles. The third-order valence-electron chi connectivity index (χ3n) is 5.07. The predicted molar refractivity (Wildman–Crippen MR) is 98.6 cm³/mol. The van der Waals surface area contributed by atoms with Gasteiger partial charge in [0.1, 0.15) is 17.4 Å². The molecule has 0 unspecified atom stereocenters. The molecule has 0 fully saturated rings. The Kier molecular flexibility index (Phi) is 4.71. The first-order chi connectivity index (χ1) is 13.5. The van der Waals surface area contributed by atoms with Crippen LogP contribution in [0.25, 0.3) is 0 Å². The van der Waals surface area contributed by atoms with Gasteiger partial charge in [0.15, 0.2) is 11.6 Å². The van der Waals surface area contributed by atoms with Crippen LogP contribution in [0, 0.1) is 23.3 Å². The molecular weight excluding hydrogens is 370 g/mol. The normalized spacial score (nSPS) is 16.0. The Balaban J connectivity index is 1.92. The van der Waals surface area contributed by atoms with Crippen molar-refractivity contribution in [3.05, 3.63) is 94.6 Å². The Morgan fingerprint density at radius 1 is 0.893 bits per heavy atom. The molecule has 0 bridgehead atoms. The standard InChI is InChI=1S/C22H17F4NO/c1-28-15-6-7-16-13(11-15)9-10-27(20-8-5-14(23)12-19(20)25)22(16)17-3-2-4-18(24)21(17)26/h2-8,11-12,22H,9-10H2,1H3/t22-/m1/s1. The Bertz CT molecular complexity index is 1040. The molecule has 2 nitrogen and oxygen atoms in total. The molecule has 0 radical (unpaired) electrons. The van der Waals surface area contributed by atoms with E-state index in [2.05, 4.69) is 0 Å². The Hall–Kier alpha value is -3.02. The number of benzene rings is 3. The summed E-state index contributed by atoms with van der Waals surface area (Å²) >= 11 is 0. The van der Waals surface area contributed by atoms with Crippen LogP contribution >= 0.6 is 0 Å². The number of methoxy groups -OCH3 is 1. The summed E-state index contributed by atoms with van der Waals surface area (Å²) in [5, 5.41) is 0. The lowest BCUT2D eigenvalue weighted by atomic mass is 9.87. The lowest BCUT2D eigenvalue weighted by Crippen LogP contribution is -2.37. The number of rotatable bonds is 3. The second kappa shape index (κ2) is 7.19. The highest BCUT2D eigenvalue weighted by Crippen LogP contribution is 2.41. The molecule has 1 aliphatic heterocycles. The maximum atomic E-state index is 14.7. The second-order valence-electron chi connectivity index (χ2n) is 6.65. The minimum atomic E-state index is -0.983. The Labute approximate surface area is 160 Å². The van der Waals surface area contributed by atoms with Crippen molar-refractivity contribution in [2.75, 3.05) is 18.6 Å². The number of ether oxygens (including phenoxy) is 1. The average Bonchev–Trinajstić information content (AvgIpc) is 2.69. The predicted octanol–water partition coefficient (Wildman–Crippen LogP) is 5.40. The molecule has 6 heteroatoms. The van der Waals surface area contributed by atoms with Gasteiger partial charge < -0.3 is 9.64 Å². The van der Waals surface area contributed by atoms with Crippen LogP contribution in [0.1, 0.15) is 22.7 Å². The van der Waals surface area contributed by atoms with Crippen LogP contribution in [0.2, 0.25) is 0 Å². The lowest BCUT2D eigenvalue weighted by molar-refractivity contribution is 0.413. The number of hydrogen-bond donors (Lipinski definition) is 0. The monoisotopic (exact) mass is 387 g/mol. The molecule has 0 N–H and O–H groups in total. The zero-order chi connectivity index (χ0) is 19.8. The number of hydrogen-bond acceptors (Lipinski definition) is 2. The number of anilines is 1. The van der Waals surface area contributed by atoms with Crippen LogP contribution in [0.5, 0.6) is 5.75 Å². The van der Waals surface area contributed by atoms with E-state index in [4.69, 9.17) is 4.74 Å². The first-order valence-corrected chi connectivity index (χ1v) is 8.82. The topological polar surface area (TPSA) is 12.5 Å². The Morgan fingerprint density at radius 3 is 2.46 bits per heavy atom. The molecule has 1 aliphatic rings. The van der Waals surface area contributed by atoms with Gasteiger partial charge in [0, 0.05) is 18.2 Å². The van der Waals surface area contributed by atoms with Crippen LogP contribution in [0.4, 0.5) is 23.2 Å². The van der Waals surface area contributed by atoms with Crippen molar-refractivity contribution in [3.63, 3.8) is 0 Å². The molecule has 4 rings (SSSR count). The molecule has 0 saturated heterocycles. The van der Waals surface area contributed by atoms with E-state index >= 15 is 0 Å². The van der Waals surface area contributed by atoms with E-state index in [1.54, 1.807) is 24.1 Å². The van der Waals surface area contributed by atoms with Gasteiger partial charge in [-0.1, -0.05) is 18.2 Å². The van der Waals surface area contributed by atoms with Gasteiger partial charge in [0.2, 0.25) is 0 Å². The molecule has 0 aromatic heterocycles. The lowest BCUT2D eigenvalue weighted by Gasteiger charge is -2.39. The van der Waals surface area contributed by atoms with E-state index in [0.717, 1.165) is 29.3 Å². The molecule has 1 atom stereocenters. The van der Waals surface area contributed by atoms with Crippen LogP contribution in [-0.4, -0.2) is 13.7 Å². The second-order valence-corrected chi connectivity index (χ2v) is 6.65. The van der Waals surface area contributed by atoms with Crippen molar-refractivity contribution in [1.29, 1.82) is 0 Å². The fourth-order valence-corrected chi connectivity index (χ4v) is 3.77. The molecule has 1 heterocycles. The Morgan fingerprint density at radius 2 is 1.71 bits per heavy atom. The zero-order valence-corrected chi connectivity index (χ0v) is 15.1. The van der Waals surface area contributed by atoms with E-state index in [9.17, 15) is 17.6 Å². The molecule has 3 aromatic rings. The van der Waals surface area contributed by atoms with Crippen LogP contribution in [0.15, 0.2) is 54.6 Å². The fraction of sp³-hybridized carbons (Fsp3) is 0.182. The minimum Gasteiger partial charge on any atom is -0.497 e. The molecule has 0 spiro atoms. The van der Waals surface area contributed by atoms with Crippen molar-refractivity contribution in [2.24, 2.45) is 0 Å². The first kappa shape index (κ1) is 18.3. The summed E-state index contributed by atoms with van der Waals surface area (Å²) in [6.45, 7) is 0.351. The van der Waals surface area contributed by atoms with E-state index in [0.29, 0.717) is 18.7 Å². The van der Waals surface area contributed by atoms with Crippen LogP contribution in [-0.2, 0) is 6.42 Å². The van der Waals surface area contributed by atoms with Crippen LogP contribution in [0.3, 0.4) is 0 Å². The minimum absolute atomic E-state index is 0.0924. The third-order valence-corrected chi connectivity index (χ3v) is 5.07. The van der Waals surface area contributed by atoms with Crippen molar-refractivity contribution >= 4 is 5.69 Å². The molecule has 28 heavy (non-hydrogen) atoms. The van der Waals surface area contributed by atoms with E-state index in [1.807, 2.05) is 6.07 Å². The highest BCUT2D eigenvalue weighted by atomic mass is 19.2. The van der Waals surface area contributed by atoms with Crippen molar-refractivity contribution in [1.82, 2.24) is 0 Å². The van der Waals surface area contributed by atoms with Crippen LogP contribution < -0.4 is 9.64 Å². The summed E-state index contributed by atoms with van der Waals surface area (Å²) in [4.78, 5) is 1.64. The van der Waals surface area contributed by atoms with Gasteiger partial charge in [-0.3, -0.25) is 0 Å². The van der Waals surface area contributed by atoms with Gasteiger partial charge in [-0.2, -0.15) is 0 Å². The molecular formula is C22H17F4NO. The quantitative estimate of drug-likeness (QED) is 0.558. The smallest absolute Gasteiger partial charge is 0.164 e. The fourth-order valence-electron chi connectivity index (χ4n) is 3.77. The summed E-state index contributed by atoms with van der Waals surface area (Å²) in [7, 11) is 1.55. The number of fused-ring (bicyclic) bond motifs is 1. The van der Waals surface area contributed by atoms with E-state index < -0.39 is 29.3 Å². The SMILES string of the molecule is COc1ccc2c(c1)CCN(c1ccc(F)cc1F)[C@H]2c1cccc(F)c1F. The third kappa shape index (κ3) is 3.09. The van der Waals surface area contributed by atoms with E-state index in [-0.39, 0.29) is 11.3 Å². The zero-order valence-electron chi connectivity index (χ0n) is 15.1. The van der Waals surface area contributed by atoms with Gasteiger partial charge in [0.05, 0.1) is 18.8 Å². The summed E-state index contributed by atoms with van der Waals surface area (Å²) in [5.74, 6) is -2.75. The molecule has 0 amide bonds. The van der Waals surface area contributed by atoms with Gasteiger partial charge in [-0.05, 0) is 47.9 Å². The first-order valence-electron chi connectivity index (χ1n) is 8.82. The summed E-state index contributed by atoms with van der Waals surface area (Å²) in [5.41, 5.74) is 1.86. The number of nitrogens with zero attached hydrogens (tertiary/aromatic N) is 1. The summed E-state index contributed by atoms with van der Waals surface area (Å²) < 4.78 is 61.8. The number of halogens is 4.